The van der Waals surface area contributed by atoms with Crippen LogP contribution in [0.25, 0.3) is 0 Å². The number of halogens is 1. The fraction of sp³-hybridized carbons (Fsp3) is 0.300. The largest absolute Gasteiger partial charge is 0.478 e. The summed E-state index contributed by atoms with van der Waals surface area (Å²) < 4.78 is 18.3. The van der Waals surface area contributed by atoms with Crippen molar-refractivity contribution < 1.29 is 13.9 Å². The second-order valence-electron chi connectivity index (χ2n) is 3.00. The minimum Gasteiger partial charge on any atom is -0.478 e. The molecule has 68 valence electrons. The molecule has 13 heavy (non-hydrogen) atoms. The standard InChI is InChI=1S/C10H9FO2/c1-2-8-9(12)6-4-3-5-7(11)10(6)13-8/h3-5,8H,2H2,1H3. The van der Waals surface area contributed by atoms with E-state index in [0.29, 0.717) is 12.0 Å². The van der Waals surface area contributed by atoms with Crippen molar-refractivity contribution in [2.24, 2.45) is 0 Å². The summed E-state index contributed by atoms with van der Waals surface area (Å²) in [5.74, 6) is -0.460. The molecule has 0 saturated heterocycles. The predicted octanol–water partition coefficient (Wildman–Crippen LogP) is 2.18. The lowest BCUT2D eigenvalue weighted by atomic mass is 10.1. The van der Waals surface area contributed by atoms with E-state index >= 15 is 0 Å². The molecule has 0 aromatic heterocycles. The van der Waals surface area contributed by atoms with Crippen molar-refractivity contribution in [3.05, 3.63) is 29.6 Å². The van der Waals surface area contributed by atoms with E-state index in [-0.39, 0.29) is 11.5 Å². The summed E-state index contributed by atoms with van der Waals surface area (Å²) in [6.07, 6.45) is 0.0827. The summed E-state index contributed by atoms with van der Waals surface area (Å²) in [6.45, 7) is 1.84. The summed E-state index contributed by atoms with van der Waals surface area (Å²) in [5, 5.41) is 0. The number of fused-ring (bicyclic) bond motifs is 1. The molecule has 1 aliphatic heterocycles. The van der Waals surface area contributed by atoms with Gasteiger partial charge >= 0.3 is 0 Å². The Kier molecular flexibility index (Phi) is 1.79. The summed E-state index contributed by atoms with van der Waals surface area (Å²) >= 11 is 0. The molecule has 0 bridgehead atoms. The first-order valence-electron chi connectivity index (χ1n) is 4.23. The molecular weight excluding hydrogens is 171 g/mol. The van der Waals surface area contributed by atoms with Crippen LogP contribution in [0.15, 0.2) is 18.2 Å². The molecule has 1 aromatic carbocycles. The highest BCUT2D eigenvalue weighted by Gasteiger charge is 2.32. The number of hydrogen-bond acceptors (Lipinski definition) is 2. The van der Waals surface area contributed by atoms with Crippen molar-refractivity contribution in [3.63, 3.8) is 0 Å². The van der Waals surface area contributed by atoms with Crippen LogP contribution in [0.3, 0.4) is 0 Å². The number of ether oxygens (including phenoxy) is 1. The number of para-hydroxylation sites is 1. The van der Waals surface area contributed by atoms with E-state index in [1.54, 1.807) is 6.07 Å². The molecule has 2 rings (SSSR count). The maximum atomic E-state index is 13.1. The normalized spacial score (nSPS) is 19.8. The van der Waals surface area contributed by atoms with Crippen molar-refractivity contribution in [3.8, 4) is 5.75 Å². The Balaban J connectivity index is 2.49. The van der Waals surface area contributed by atoms with Crippen LogP contribution in [0.5, 0.6) is 5.75 Å². The fourth-order valence-electron chi connectivity index (χ4n) is 1.46. The molecule has 1 heterocycles. The summed E-state index contributed by atoms with van der Waals surface area (Å²) in [6, 6.07) is 4.41. The zero-order chi connectivity index (χ0) is 9.42. The molecule has 0 N–H and O–H groups in total. The molecule has 0 amide bonds. The predicted molar refractivity (Wildman–Crippen MR) is 45.4 cm³/mol. The van der Waals surface area contributed by atoms with Gasteiger partial charge in [-0.3, -0.25) is 4.79 Å². The van der Waals surface area contributed by atoms with Crippen LogP contribution in [0.4, 0.5) is 4.39 Å². The number of rotatable bonds is 1. The minimum atomic E-state index is -0.494. The topological polar surface area (TPSA) is 26.3 Å². The van der Waals surface area contributed by atoms with Crippen LogP contribution < -0.4 is 4.74 Å². The lowest BCUT2D eigenvalue weighted by molar-refractivity contribution is 0.0850. The third kappa shape index (κ3) is 1.11. The van der Waals surface area contributed by atoms with E-state index in [1.807, 2.05) is 6.92 Å². The quantitative estimate of drug-likeness (QED) is 0.662. The number of benzene rings is 1. The lowest BCUT2D eigenvalue weighted by Crippen LogP contribution is -2.18. The molecule has 0 fully saturated rings. The molecule has 0 saturated carbocycles. The average molecular weight is 180 g/mol. The van der Waals surface area contributed by atoms with Crippen LogP contribution in [0.1, 0.15) is 23.7 Å². The van der Waals surface area contributed by atoms with Crippen molar-refractivity contribution in [1.82, 2.24) is 0 Å². The van der Waals surface area contributed by atoms with Gasteiger partial charge in [0.1, 0.15) is 0 Å². The molecule has 3 heteroatoms. The monoisotopic (exact) mass is 180 g/mol. The van der Waals surface area contributed by atoms with Crippen LogP contribution in [-0.4, -0.2) is 11.9 Å². The van der Waals surface area contributed by atoms with Crippen molar-refractivity contribution in [2.75, 3.05) is 0 Å². The Morgan fingerprint density at radius 2 is 2.31 bits per heavy atom. The molecule has 2 nitrogen and oxygen atoms in total. The Morgan fingerprint density at radius 1 is 1.54 bits per heavy atom. The molecule has 1 unspecified atom stereocenters. The first-order chi connectivity index (χ1) is 6.24. The van der Waals surface area contributed by atoms with E-state index in [1.165, 1.54) is 12.1 Å². The first kappa shape index (κ1) is 8.23. The van der Waals surface area contributed by atoms with Gasteiger partial charge in [-0.2, -0.15) is 0 Å². The van der Waals surface area contributed by atoms with Crippen LogP contribution >= 0.6 is 0 Å². The molecule has 0 aliphatic carbocycles. The van der Waals surface area contributed by atoms with Gasteiger partial charge in [0.25, 0.3) is 0 Å². The maximum Gasteiger partial charge on any atom is 0.207 e. The zero-order valence-electron chi connectivity index (χ0n) is 7.21. The third-order valence-electron chi connectivity index (χ3n) is 2.16. The molecule has 1 aromatic rings. The zero-order valence-corrected chi connectivity index (χ0v) is 7.21. The van der Waals surface area contributed by atoms with Gasteiger partial charge in [0.15, 0.2) is 17.7 Å². The fourth-order valence-corrected chi connectivity index (χ4v) is 1.46. The van der Waals surface area contributed by atoms with Gasteiger partial charge in [-0.05, 0) is 18.6 Å². The Hall–Kier alpha value is -1.38. The van der Waals surface area contributed by atoms with E-state index in [9.17, 15) is 9.18 Å². The van der Waals surface area contributed by atoms with E-state index < -0.39 is 11.9 Å². The first-order valence-corrected chi connectivity index (χ1v) is 4.23. The van der Waals surface area contributed by atoms with Crippen LogP contribution in [-0.2, 0) is 0 Å². The van der Waals surface area contributed by atoms with Crippen molar-refractivity contribution in [2.45, 2.75) is 19.4 Å². The van der Waals surface area contributed by atoms with E-state index in [0.717, 1.165) is 0 Å². The highest BCUT2D eigenvalue weighted by Crippen LogP contribution is 2.32. The maximum absolute atomic E-state index is 13.1. The van der Waals surface area contributed by atoms with E-state index in [4.69, 9.17) is 4.74 Å². The molecule has 1 atom stereocenters. The van der Waals surface area contributed by atoms with Crippen LogP contribution in [0, 0.1) is 5.82 Å². The number of ketones is 1. The SMILES string of the molecule is CCC1Oc2c(F)cccc2C1=O. The smallest absolute Gasteiger partial charge is 0.207 e. The highest BCUT2D eigenvalue weighted by molar-refractivity contribution is 6.04. The van der Waals surface area contributed by atoms with Gasteiger partial charge < -0.3 is 4.74 Å². The number of hydrogen-bond donors (Lipinski definition) is 0. The Labute approximate surface area is 75.3 Å². The Bertz CT molecular complexity index is 360. The van der Waals surface area contributed by atoms with Gasteiger partial charge in [-0.15, -0.1) is 0 Å². The van der Waals surface area contributed by atoms with Gasteiger partial charge in [0.2, 0.25) is 5.78 Å². The van der Waals surface area contributed by atoms with Crippen LogP contribution in [0.2, 0.25) is 0 Å². The Morgan fingerprint density at radius 3 is 2.92 bits per heavy atom. The van der Waals surface area contributed by atoms with Gasteiger partial charge in [0, 0.05) is 0 Å². The molecule has 0 radical (unpaired) electrons. The summed E-state index contributed by atoms with van der Waals surface area (Å²) in [4.78, 5) is 11.5. The third-order valence-corrected chi connectivity index (χ3v) is 2.16. The average Bonchev–Trinajstić information content (AvgIpc) is 2.45. The highest BCUT2D eigenvalue weighted by atomic mass is 19.1. The second kappa shape index (κ2) is 2.83. The number of carbonyl (C=O) groups is 1. The van der Waals surface area contributed by atoms with Crippen molar-refractivity contribution >= 4 is 5.78 Å². The number of Topliss-reactive ketones (excluding diaryl/α,β-unsaturated/α-hetero) is 1. The van der Waals surface area contributed by atoms with E-state index in [2.05, 4.69) is 0 Å². The lowest BCUT2D eigenvalue weighted by Gasteiger charge is -2.04. The minimum absolute atomic E-state index is 0.111. The van der Waals surface area contributed by atoms with Crippen molar-refractivity contribution in [1.29, 1.82) is 0 Å². The summed E-state index contributed by atoms with van der Waals surface area (Å²) in [5.41, 5.74) is 0.367. The molecular formula is C10H9FO2. The number of carbonyl (C=O) groups excluding carboxylic acids is 1. The molecule has 0 spiro atoms. The summed E-state index contributed by atoms with van der Waals surface area (Å²) in [7, 11) is 0. The van der Waals surface area contributed by atoms with Gasteiger partial charge in [-0.25, -0.2) is 4.39 Å². The van der Waals surface area contributed by atoms with Gasteiger partial charge in [-0.1, -0.05) is 13.0 Å². The van der Waals surface area contributed by atoms with Gasteiger partial charge in [0.05, 0.1) is 5.56 Å². The second-order valence-corrected chi connectivity index (χ2v) is 3.00. The molecule has 1 aliphatic rings.